The monoisotopic (exact) mass is 422 g/mol. The normalized spacial score (nSPS) is 11.7. The van der Waals surface area contributed by atoms with Gasteiger partial charge in [-0.15, -0.1) is 0 Å². The highest BCUT2D eigenvalue weighted by atomic mass is 35.5. The van der Waals surface area contributed by atoms with Crippen molar-refractivity contribution in [2.24, 2.45) is 12.1 Å². The lowest BCUT2D eigenvalue weighted by Gasteiger charge is -2.09. The number of halogens is 3. The lowest BCUT2D eigenvalue weighted by molar-refractivity contribution is 0.0949. The summed E-state index contributed by atoms with van der Waals surface area (Å²) in [7, 11) is 1.48. The molecule has 6 nitrogen and oxygen atoms in total. The van der Waals surface area contributed by atoms with Crippen molar-refractivity contribution in [2.75, 3.05) is 0 Å². The molecule has 3 aromatic rings. The molecular formula is C18H13Cl3N4O2. The van der Waals surface area contributed by atoms with Crippen molar-refractivity contribution >= 4 is 57.2 Å². The van der Waals surface area contributed by atoms with Crippen molar-refractivity contribution < 1.29 is 4.79 Å². The smallest absolute Gasteiger partial charge is 0.267 e. The zero-order chi connectivity index (χ0) is 19.7. The summed E-state index contributed by atoms with van der Waals surface area (Å²) in [5.74, 6) is -0.558. The first-order valence-electron chi connectivity index (χ1n) is 7.75. The lowest BCUT2D eigenvalue weighted by atomic mass is 10.1. The van der Waals surface area contributed by atoms with E-state index < -0.39 is 5.91 Å². The Morgan fingerprint density at radius 2 is 1.74 bits per heavy atom. The van der Waals surface area contributed by atoms with Gasteiger partial charge in [0.1, 0.15) is 0 Å². The molecular weight excluding hydrogens is 411 g/mol. The molecule has 1 N–H and O–H groups in total. The largest absolute Gasteiger partial charge is 0.292 e. The minimum absolute atomic E-state index is 0.0875. The molecule has 0 saturated heterocycles. The number of benzene rings is 2. The van der Waals surface area contributed by atoms with Crippen LogP contribution < -0.4 is 11.0 Å². The third-order valence-corrected chi connectivity index (χ3v) is 5.22. The van der Waals surface area contributed by atoms with Crippen LogP contribution >= 0.6 is 34.8 Å². The molecule has 27 heavy (non-hydrogen) atoms. The van der Waals surface area contributed by atoms with Crippen LogP contribution in [0.4, 0.5) is 0 Å². The van der Waals surface area contributed by atoms with Crippen LogP contribution in [0.15, 0.2) is 46.3 Å². The van der Waals surface area contributed by atoms with E-state index >= 15 is 0 Å². The van der Waals surface area contributed by atoms with E-state index in [2.05, 4.69) is 15.6 Å². The molecule has 3 rings (SSSR count). The van der Waals surface area contributed by atoms with Crippen LogP contribution in [0.25, 0.3) is 10.8 Å². The number of hydrazone groups is 1. The van der Waals surface area contributed by atoms with Crippen LogP contribution in [-0.4, -0.2) is 21.4 Å². The van der Waals surface area contributed by atoms with Crippen molar-refractivity contribution in [2.45, 2.75) is 6.92 Å². The summed E-state index contributed by atoms with van der Waals surface area (Å²) in [4.78, 5) is 24.7. The van der Waals surface area contributed by atoms with Crippen LogP contribution in [0.3, 0.4) is 0 Å². The standard InChI is InChI=1S/C18H13Cl3N4O2/c1-9(10-7-8-13(19)15(21)14(10)20)22-23-17(26)16-11-5-3-4-6-12(11)18(27)25(2)24-16/h3-8H,1-2H3,(H,23,26)/b22-9+. The second-order valence-electron chi connectivity index (χ2n) is 5.68. The van der Waals surface area contributed by atoms with Crippen molar-refractivity contribution in [1.82, 2.24) is 15.2 Å². The molecule has 2 aromatic carbocycles. The summed E-state index contributed by atoms with van der Waals surface area (Å²) < 4.78 is 1.11. The van der Waals surface area contributed by atoms with Gasteiger partial charge in [-0.3, -0.25) is 9.59 Å². The quantitative estimate of drug-likeness (QED) is 0.392. The van der Waals surface area contributed by atoms with Gasteiger partial charge < -0.3 is 0 Å². The number of carbonyl (C=O) groups excluding carboxylic acids is 1. The van der Waals surface area contributed by atoms with Crippen LogP contribution in [0.5, 0.6) is 0 Å². The number of hydrogen-bond donors (Lipinski definition) is 1. The Balaban J connectivity index is 1.96. The Morgan fingerprint density at radius 3 is 2.44 bits per heavy atom. The molecule has 0 saturated carbocycles. The van der Waals surface area contributed by atoms with Crippen LogP contribution in [0.1, 0.15) is 23.0 Å². The van der Waals surface area contributed by atoms with Gasteiger partial charge in [-0.05, 0) is 19.1 Å². The van der Waals surface area contributed by atoms with Gasteiger partial charge in [0.15, 0.2) is 5.69 Å². The van der Waals surface area contributed by atoms with E-state index in [0.29, 0.717) is 27.1 Å². The van der Waals surface area contributed by atoms with E-state index in [1.165, 1.54) is 7.05 Å². The number of aromatic nitrogens is 2. The highest BCUT2D eigenvalue weighted by Crippen LogP contribution is 2.32. The molecule has 0 radical (unpaired) electrons. The Hall–Kier alpha value is -2.41. The maximum atomic E-state index is 12.6. The SMILES string of the molecule is C/C(=N\NC(=O)c1nn(C)c(=O)c2ccccc12)c1ccc(Cl)c(Cl)c1Cl. The van der Waals surface area contributed by atoms with Crippen LogP contribution in [0.2, 0.25) is 15.1 Å². The Morgan fingerprint density at radius 1 is 1.07 bits per heavy atom. The van der Waals surface area contributed by atoms with E-state index in [9.17, 15) is 9.59 Å². The van der Waals surface area contributed by atoms with Crippen LogP contribution in [-0.2, 0) is 7.05 Å². The van der Waals surface area contributed by atoms with E-state index in [-0.39, 0.29) is 21.3 Å². The molecule has 0 atom stereocenters. The van der Waals surface area contributed by atoms with Gasteiger partial charge in [0, 0.05) is 18.0 Å². The molecule has 0 aliphatic rings. The summed E-state index contributed by atoms with van der Waals surface area (Å²) in [6.07, 6.45) is 0. The van der Waals surface area contributed by atoms with Crippen molar-refractivity contribution in [3.8, 4) is 0 Å². The number of fused-ring (bicyclic) bond motifs is 1. The van der Waals surface area contributed by atoms with Gasteiger partial charge in [0.05, 0.1) is 26.2 Å². The second-order valence-corrected chi connectivity index (χ2v) is 6.85. The molecule has 0 aliphatic heterocycles. The number of rotatable bonds is 3. The first-order chi connectivity index (χ1) is 12.8. The third kappa shape index (κ3) is 3.69. The molecule has 9 heteroatoms. The third-order valence-electron chi connectivity index (χ3n) is 3.92. The van der Waals surface area contributed by atoms with Gasteiger partial charge in [0.25, 0.3) is 11.5 Å². The molecule has 0 spiro atoms. The van der Waals surface area contributed by atoms with Gasteiger partial charge in [-0.2, -0.15) is 10.2 Å². The molecule has 1 heterocycles. The zero-order valence-electron chi connectivity index (χ0n) is 14.3. The average molecular weight is 424 g/mol. The number of nitrogens with zero attached hydrogens (tertiary/aromatic N) is 3. The average Bonchev–Trinajstić information content (AvgIpc) is 2.67. The fourth-order valence-corrected chi connectivity index (χ4v) is 3.19. The maximum Gasteiger partial charge on any atom is 0.292 e. The highest BCUT2D eigenvalue weighted by Gasteiger charge is 2.16. The molecule has 0 aliphatic carbocycles. The summed E-state index contributed by atoms with van der Waals surface area (Å²) in [6.45, 7) is 1.66. The fourth-order valence-electron chi connectivity index (χ4n) is 2.52. The predicted molar refractivity (Wildman–Crippen MR) is 108 cm³/mol. The lowest BCUT2D eigenvalue weighted by Crippen LogP contribution is -2.27. The van der Waals surface area contributed by atoms with Gasteiger partial charge in [0.2, 0.25) is 0 Å². The molecule has 0 bridgehead atoms. The molecule has 1 amide bonds. The molecule has 1 aromatic heterocycles. The maximum absolute atomic E-state index is 12.6. The topological polar surface area (TPSA) is 76.3 Å². The number of carbonyl (C=O) groups is 1. The first-order valence-corrected chi connectivity index (χ1v) is 8.89. The van der Waals surface area contributed by atoms with Gasteiger partial charge in [-0.1, -0.05) is 59.1 Å². The predicted octanol–water partition coefficient (Wildman–Crippen LogP) is 4.05. The van der Waals surface area contributed by atoms with E-state index in [1.807, 2.05) is 0 Å². The molecule has 0 fully saturated rings. The fraction of sp³-hybridized carbons (Fsp3) is 0.111. The van der Waals surface area contributed by atoms with Crippen molar-refractivity contribution in [1.29, 1.82) is 0 Å². The minimum atomic E-state index is -0.558. The minimum Gasteiger partial charge on any atom is -0.267 e. The summed E-state index contributed by atoms with van der Waals surface area (Å²) in [5, 5.41) is 9.73. The summed E-state index contributed by atoms with van der Waals surface area (Å²) in [5.41, 5.74) is 3.20. The van der Waals surface area contributed by atoms with Gasteiger partial charge >= 0.3 is 0 Å². The summed E-state index contributed by atoms with van der Waals surface area (Å²) >= 11 is 18.1. The number of hydrogen-bond acceptors (Lipinski definition) is 4. The second kappa shape index (κ2) is 7.68. The molecule has 0 unspecified atom stereocenters. The molecule has 138 valence electrons. The first kappa shape index (κ1) is 19.4. The Kier molecular flexibility index (Phi) is 5.51. The van der Waals surface area contributed by atoms with E-state index in [1.54, 1.807) is 43.3 Å². The summed E-state index contributed by atoms with van der Waals surface area (Å²) in [6, 6.07) is 9.99. The van der Waals surface area contributed by atoms with Crippen molar-refractivity contribution in [3.63, 3.8) is 0 Å². The highest BCUT2D eigenvalue weighted by molar-refractivity contribution is 6.49. The van der Waals surface area contributed by atoms with Crippen molar-refractivity contribution in [3.05, 3.63) is 73.1 Å². The Labute approximate surface area is 169 Å². The Bertz CT molecular complexity index is 1160. The van der Waals surface area contributed by atoms with E-state index in [0.717, 1.165) is 4.68 Å². The van der Waals surface area contributed by atoms with E-state index in [4.69, 9.17) is 34.8 Å². The van der Waals surface area contributed by atoms with Gasteiger partial charge in [-0.25, -0.2) is 10.1 Å². The van der Waals surface area contributed by atoms with Crippen LogP contribution in [0, 0.1) is 0 Å². The number of nitrogens with one attached hydrogen (secondary N) is 1. The number of aryl methyl sites for hydroxylation is 1. The number of amides is 1. The zero-order valence-corrected chi connectivity index (χ0v) is 16.5.